The first kappa shape index (κ1) is 17.9. The zero-order valence-corrected chi connectivity index (χ0v) is 13.4. The van der Waals surface area contributed by atoms with Crippen LogP contribution in [-0.2, 0) is 16.1 Å². The van der Waals surface area contributed by atoms with Crippen LogP contribution in [0, 0.1) is 10.1 Å². The molecule has 1 amide bonds. The molecule has 0 aliphatic heterocycles. The molecule has 1 N–H and O–H groups in total. The van der Waals surface area contributed by atoms with Crippen molar-refractivity contribution < 1.29 is 24.0 Å². The average molecular weight is 344 g/mol. The van der Waals surface area contributed by atoms with Crippen molar-refractivity contribution in [2.24, 2.45) is 0 Å². The smallest absolute Gasteiger partial charge is 0.325 e. The molecule has 25 heavy (non-hydrogen) atoms. The summed E-state index contributed by atoms with van der Waals surface area (Å²) in [7, 11) is 1.44. The van der Waals surface area contributed by atoms with Gasteiger partial charge in [-0.15, -0.1) is 0 Å². The van der Waals surface area contributed by atoms with E-state index in [1.807, 2.05) is 0 Å². The van der Waals surface area contributed by atoms with Crippen molar-refractivity contribution in [3.05, 3.63) is 69.8 Å². The van der Waals surface area contributed by atoms with Crippen LogP contribution in [0.1, 0.15) is 15.9 Å². The summed E-state index contributed by atoms with van der Waals surface area (Å²) in [5, 5.41) is 13.3. The van der Waals surface area contributed by atoms with Crippen LogP contribution < -0.4 is 10.1 Å². The lowest BCUT2D eigenvalue weighted by Gasteiger charge is -2.09. The fraction of sp³-hybridized carbons (Fsp3) is 0.176. The number of benzene rings is 2. The van der Waals surface area contributed by atoms with Crippen molar-refractivity contribution in [2.75, 3.05) is 13.7 Å². The number of carbonyl (C=O) groups excluding carboxylic acids is 2. The van der Waals surface area contributed by atoms with Crippen molar-refractivity contribution in [2.45, 2.75) is 6.61 Å². The topological polar surface area (TPSA) is 108 Å². The third-order valence-electron chi connectivity index (χ3n) is 3.32. The zero-order chi connectivity index (χ0) is 18.2. The van der Waals surface area contributed by atoms with Gasteiger partial charge in [-0.1, -0.05) is 24.3 Å². The summed E-state index contributed by atoms with van der Waals surface area (Å²) < 4.78 is 10.0. The minimum Gasteiger partial charge on any atom is -0.496 e. The van der Waals surface area contributed by atoms with Gasteiger partial charge in [0, 0.05) is 6.07 Å². The number of para-hydroxylation sites is 2. The number of nitro benzene ring substituents is 1. The predicted octanol–water partition coefficient (Wildman–Crippen LogP) is 2.08. The van der Waals surface area contributed by atoms with Gasteiger partial charge >= 0.3 is 5.97 Å². The minimum atomic E-state index is -0.707. The van der Waals surface area contributed by atoms with Gasteiger partial charge in [0.2, 0.25) is 0 Å². The Morgan fingerprint density at radius 3 is 2.52 bits per heavy atom. The molecule has 2 aromatic rings. The SMILES string of the molecule is COc1ccccc1C(=O)NCC(=O)OCc1ccccc1[N+](=O)[O-]. The van der Waals surface area contributed by atoms with Crippen LogP contribution in [0.4, 0.5) is 5.69 Å². The summed E-state index contributed by atoms with van der Waals surface area (Å²) in [4.78, 5) is 34.2. The summed E-state index contributed by atoms with van der Waals surface area (Å²) in [6.45, 7) is -0.613. The highest BCUT2D eigenvalue weighted by Gasteiger charge is 2.16. The van der Waals surface area contributed by atoms with Crippen molar-refractivity contribution in [1.82, 2.24) is 5.32 Å². The number of ether oxygens (including phenoxy) is 2. The quantitative estimate of drug-likeness (QED) is 0.468. The molecule has 0 aliphatic rings. The minimum absolute atomic E-state index is 0.131. The predicted molar refractivity (Wildman–Crippen MR) is 88.2 cm³/mol. The zero-order valence-electron chi connectivity index (χ0n) is 13.4. The van der Waals surface area contributed by atoms with E-state index in [2.05, 4.69) is 5.32 Å². The third kappa shape index (κ3) is 4.77. The number of esters is 1. The van der Waals surface area contributed by atoms with Gasteiger partial charge in [0.15, 0.2) is 0 Å². The van der Waals surface area contributed by atoms with E-state index < -0.39 is 16.8 Å². The summed E-state index contributed by atoms with van der Waals surface area (Å²) in [5.74, 6) is -0.810. The van der Waals surface area contributed by atoms with E-state index in [-0.39, 0.29) is 30.0 Å². The van der Waals surface area contributed by atoms with Crippen molar-refractivity contribution in [1.29, 1.82) is 0 Å². The van der Waals surface area contributed by atoms with Gasteiger partial charge in [-0.2, -0.15) is 0 Å². The second-order valence-electron chi connectivity index (χ2n) is 4.93. The van der Waals surface area contributed by atoms with Crippen LogP contribution in [0.3, 0.4) is 0 Å². The second-order valence-corrected chi connectivity index (χ2v) is 4.93. The Hall–Kier alpha value is -3.42. The molecule has 2 rings (SSSR count). The molecule has 8 heteroatoms. The van der Waals surface area contributed by atoms with Gasteiger partial charge in [0.1, 0.15) is 18.9 Å². The molecule has 130 valence electrons. The highest BCUT2D eigenvalue weighted by molar-refractivity contribution is 5.98. The highest BCUT2D eigenvalue weighted by atomic mass is 16.6. The second kappa shape index (κ2) is 8.44. The fourth-order valence-electron chi connectivity index (χ4n) is 2.10. The first-order valence-corrected chi connectivity index (χ1v) is 7.32. The van der Waals surface area contributed by atoms with E-state index in [1.54, 1.807) is 30.3 Å². The lowest BCUT2D eigenvalue weighted by Crippen LogP contribution is -2.30. The van der Waals surface area contributed by atoms with Gasteiger partial charge in [-0.05, 0) is 18.2 Å². The first-order chi connectivity index (χ1) is 12.0. The van der Waals surface area contributed by atoms with E-state index in [9.17, 15) is 19.7 Å². The molecule has 0 aromatic heterocycles. The number of carbonyl (C=O) groups is 2. The largest absolute Gasteiger partial charge is 0.496 e. The lowest BCUT2D eigenvalue weighted by atomic mass is 10.2. The molecule has 0 aliphatic carbocycles. The molecule has 0 spiro atoms. The Kier molecular flexibility index (Phi) is 6.05. The average Bonchev–Trinajstić information content (AvgIpc) is 2.64. The van der Waals surface area contributed by atoms with E-state index in [0.29, 0.717) is 5.75 Å². The maximum atomic E-state index is 12.1. The monoisotopic (exact) mass is 344 g/mol. The number of amides is 1. The normalized spacial score (nSPS) is 9.96. The maximum Gasteiger partial charge on any atom is 0.325 e. The van der Waals surface area contributed by atoms with E-state index >= 15 is 0 Å². The highest BCUT2D eigenvalue weighted by Crippen LogP contribution is 2.18. The number of hydrogen-bond acceptors (Lipinski definition) is 6. The molecule has 0 heterocycles. The molecule has 8 nitrogen and oxygen atoms in total. The molecular formula is C17H16N2O6. The summed E-state index contributed by atoms with van der Waals surface area (Å²) in [5.41, 5.74) is 0.432. The van der Waals surface area contributed by atoms with Crippen molar-refractivity contribution >= 4 is 17.6 Å². The van der Waals surface area contributed by atoms with Gasteiger partial charge in [-0.3, -0.25) is 19.7 Å². The van der Waals surface area contributed by atoms with Gasteiger partial charge in [0.05, 0.1) is 23.2 Å². The summed E-state index contributed by atoms with van der Waals surface area (Å²) >= 11 is 0. The fourth-order valence-corrected chi connectivity index (χ4v) is 2.10. The van der Waals surface area contributed by atoms with Crippen LogP contribution in [-0.4, -0.2) is 30.5 Å². The Morgan fingerprint density at radius 1 is 1.12 bits per heavy atom. The molecule has 2 aromatic carbocycles. The number of hydrogen-bond donors (Lipinski definition) is 1. The van der Waals surface area contributed by atoms with Crippen LogP contribution in [0.25, 0.3) is 0 Å². The number of methoxy groups -OCH3 is 1. The van der Waals surface area contributed by atoms with Crippen LogP contribution in [0.5, 0.6) is 5.75 Å². The number of nitro groups is 1. The third-order valence-corrected chi connectivity index (χ3v) is 3.32. The molecule has 0 unspecified atom stereocenters. The van der Waals surface area contributed by atoms with E-state index in [0.717, 1.165) is 0 Å². The molecule has 0 saturated carbocycles. The van der Waals surface area contributed by atoms with Crippen LogP contribution in [0.2, 0.25) is 0 Å². The molecule has 0 radical (unpaired) electrons. The number of rotatable bonds is 7. The van der Waals surface area contributed by atoms with E-state index in [4.69, 9.17) is 9.47 Å². The van der Waals surface area contributed by atoms with Gasteiger partial charge in [-0.25, -0.2) is 0 Å². The van der Waals surface area contributed by atoms with Crippen molar-refractivity contribution in [3.8, 4) is 5.75 Å². The Morgan fingerprint density at radius 2 is 1.80 bits per heavy atom. The molecule has 0 saturated heterocycles. The maximum absolute atomic E-state index is 12.1. The Bertz CT molecular complexity index is 790. The lowest BCUT2D eigenvalue weighted by molar-refractivity contribution is -0.385. The van der Waals surface area contributed by atoms with Gasteiger partial charge in [0.25, 0.3) is 11.6 Å². The molecular weight excluding hydrogens is 328 g/mol. The summed E-state index contributed by atoms with van der Waals surface area (Å²) in [6, 6.07) is 12.5. The molecule has 0 atom stereocenters. The number of nitrogens with zero attached hydrogens (tertiary/aromatic N) is 1. The molecule has 0 bridgehead atoms. The van der Waals surface area contributed by atoms with E-state index in [1.165, 1.54) is 25.3 Å². The Balaban J connectivity index is 1.89. The summed E-state index contributed by atoms with van der Waals surface area (Å²) in [6.07, 6.45) is 0. The van der Waals surface area contributed by atoms with Crippen LogP contribution >= 0.6 is 0 Å². The first-order valence-electron chi connectivity index (χ1n) is 7.32. The Labute approximate surface area is 143 Å². The molecule has 0 fully saturated rings. The van der Waals surface area contributed by atoms with Crippen molar-refractivity contribution in [3.63, 3.8) is 0 Å². The van der Waals surface area contributed by atoms with Crippen LogP contribution in [0.15, 0.2) is 48.5 Å². The van der Waals surface area contributed by atoms with Gasteiger partial charge < -0.3 is 14.8 Å². The standard InChI is InChI=1S/C17H16N2O6/c1-24-15-9-5-3-7-13(15)17(21)18-10-16(20)25-11-12-6-2-4-8-14(12)19(22)23/h2-9H,10-11H2,1H3,(H,18,21). The number of nitrogens with one attached hydrogen (secondary N) is 1.